The molecule has 7 heteroatoms. The molecule has 3 fully saturated rings. The number of morpholine rings is 1. The van der Waals surface area contributed by atoms with Crippen LogP contribution in [0.2, 0.25) is 0 Å². The second kappa shape index (κ2) is 6.16. The van der Waals surface area contributed by atoms with Crippen LogP contribution in [0.5, 0.6) is 11.5 Å². The Labute approximate surface area is 146 Å². The summed E-state index contributed by atoms with van der Waals surface area (Å²) in [5.41, 5.74) is 0.559. The average molecular weight is 349 g/mol. The number of esters is 1. The molecule has 7 nitrogen and oxygen atoms in total. The monoisotopic (exact) mass is 349 g/mol. The minimum atomic E-state index is -0.794. The lowest BCUT2D eigenvalue weighted by Crippen LogP contribution is -2.48. The number of nitrogens with zero attached hydrogens (tertiary/aromatic N) is 1. The number of epoxide rings is 1. The number of rotatable bonds is 5. The molecule has 1 aromatic rings. The van der Waals surface area contributed by atoms with Crippen LogP contribution in [0.3, 0.4) is 0 Å². The van der Waals surface area contributed by atoms with Gasteiger partial charge in [0.2, 0.25) is 0 Å². The van der Waals surface area contributed by atoms with Gasteiger partial charge in [-0.3, -0.25) is 9.69 Å². The van der Waals surface area contributed by atoms with E-state index in [1.165, 1.54) is 13.2 Å². The molecule has 0 spiro atoms. The van der Waals surface area contributed by atoms with Crippen LogP contribution < -0.4 is 4.74 Å². The third-order valence-electron chi connectivity index (χ3n) is 5.73. The molecule has 6 atom stereocenters. The molecule has 3 aliphatic rings. The number of benzene rings is 1. The first-order chi connectivity index (χ1) is 12.0. The predicted octanol–water partition coefficient (Wildman–Crippen LogP) is 0.632. The predicted molar refractivity (Wildman–Crippen MR) is 87.6 cm³/mol. The zero-order chi connectivity index (χ0) is 17.7. The van der Waals surface area contributed by atoms with Gasteiger partial charge >= 0.3 is 5.97 Å². The van der Waals surface area contributed by atoms with E-state index in [0.717, 1.165) is 12.8 Å². The van der Waals surface area contributed by atoms with E-state index in [1.807, 2.05) is 0 Å². The van der Waals surface area contributed by atoms with E-state index in [1.54, 1.807) is 12.1 Å². The highest BCUT2D eigenvalue weighted by Gasteiger charge is 2.62. The third kappa shape index (κ3) is 2.76. The molecule has 2 bridgehead atoms. The number of phenolic OH excluding ortho intramolecular Hbond substituents is 1. The Bertz CT molecular complexity index is 662. The summed E-state index contributed by atoms with van der Waals surface area (Å²) in [5, 5.41) is 19.4. The van der Waals surface area contributed by atoms with Crippen molar-refractivity contribution in [3.8, 4) is 11.5 Å². The molecule has 4 rings (SSSR count). The second-order valence-electron chi connectivity index (χ2n) is 7.06. The molecule has 136 valence electrons. The summed E-state index contributed by atoms with van der Waals surface area (Å²) >= 11 is 0. The molecule has 3 heterocycles. The largest absolute Gasteiger partial charge is 0.504 e. The molecular weight excluding hydrogens is 326 g/mol. The van der Waals surface area contributed by atoms with Crippen molar-refractivity contribution in [3.63, 3.8) is 0 Å². The normalized spacial score (nSPS) is 34.3. The lowest BCUT2D eigenvalue weighted by Gasteiger charge is -2.38. The molecule has 0 radical (unpaired) electrons. The van der Waals surface area contributed by atoms with Gasteiger partial charge in [0.25, 0.3) is 0 Å². The first-order valence-electron chi connectivity index (χ1n) is 8.59. The van der Waals surface area contributed by atoms with Crippen LogP contribution in [-0.2, 0) is 14.3 Å². The number of carbonyl (C=O) groups excluding carboxylic acids is 1. The molecule has 2 N–H and O–H groups in total. The van der Waals surface area contributed by atoms with Gasteiger partial charge in [-0.1, -0.05) is 6.07 Å². The Morgan fingerprint density at radius 2 is 2.04 bits per heavy atom. The van der Waals surface area contributed by atoms with Crippen molar-refractivity contribution >= 4 is 5.97 Å². The van der Waals surface area contributed by atoms with Crippen LogP contribution in [0.25, 0.3) is 0 Å². The molecule has 0 aromatic heterocycles. The fourth-order valence-electron chi connectivity index (χ4n) is 4.27. The summed E-state index contributed by atoms with van der Waals surface area (Å²) in [7, 11) is 3.54. The van der Waals surface area contributed by atoms with Crippen molar-refractivity contribution in [1.29, 1.82) is 0 Å². The molecule has 2 unspecified atom stereocenters. The highest BCUT2D eigenvalue weighted by molar-refractivity contribution is 5.79. The second-order valence-corrected chi connectivity index (χ2v) is 7.06. The standard InChI is InChI=1S/C18H23NO6/c1-19-12-6-10(7-13(19)17-16(12)25-17)24-18(22)11(8-20)9-3-4-14(21)15(5-9)23-2/h3-5,10-13,16-17,20-21H,6-8H2,1-2H3/t10?,11?,12-,13+,16-,17+. The number of aliphatic hydroxyl groups is 1. The van der Waals surface area contributed by atoms with Gasteiger partial charge in [-0.05, 0) is 24.7 Å². The Kier molecular flexibility index (Phi) is 4.10. The molecule has 0 saturated carbocycles. The van der Waals surface area contributed by atoms with Crippen LogP contribution in [-0.4, -0.2) is 72.2 Å². The maximum atomic E-state index is 12.6. The van der Waals surface area contributed by atoms with Gasteiger partial charge < -0.3 is 24.4 Å². The van der Waals surface area contributed by atoms with E-state index in [-0.39, 0.29) is 36.4 Å². The summed E-state index contributed by atoms with van der Waals surface area (Å²) in [4.78, 5) is 14.9. The van der Waals surface area contributed by atoms with Gasteiger partial charge in [0, 0.05) is 24.9 Å². The molecule has 25 heavy (non-hydrogen) atoms. The molecular formula is C18H23NO6. The van der Waals surface area contributed by atoms with Crippen molar-refractivity contribution in [2.45, 2.75) is 49.2 Å². The number of aromatic hydroxyl groups is 1. The number of piperidine rings is 1. The lowest BCUT2D eigenvalue weighted by atomic mass is 9.97. The SMILES string of the molecule is COc1cc(C(CO)C(=O)OC2C[C@@H]3[C@H]4O[C@H]4[C@H](C2)N3C)ccc1O. The number of ether oxygens (including phenoxy) is 3. The Morgan fingerprint density at radius 1 is 1.36 bits per heavy atom. The third-order valence-corrected chi connectivity index (χ3v) is 5.73. The molecule has 3 saturated heterocycles. The molecule has 3 aliphatic heterocycles. The summed E-state index contributed by atoms with van der Waals surface area (Å²) in [6, 6.07) is 5.22. The fourth-order valence-corrected chi connectivity index (χ4v) is 4.27. The number of fused-ring (bicyclic) bond motifs is 5. The first-order valence-corrected chi connectivity index (χ1v) is 8.59. The molecule has 1 aromatic carbocycles. The van der Waals surface area contributed by atoms with Crippen LogP contribution in [0.1, 0.15) is 24.3 Å². The van der Waals surface area contributed by atoms with Gasteiger partial charge in [0.1, 0.15) is 24.2 Å². The summed E-state index contributed by atoms with van der Waals surface area (Å²) in [5.74, 6) is -0.989. The van der Waals surface area contributed by atoms with Crippen molar-refractivity contribution in [1.82, 2.24) is 4.90 Å². The minimum absolute atomic E-state index is 0.0116. The maximum absolute atomic E-state index is 12.6. The Balaban J connectivity index is 1.45. The van der Waals surface area contributed by atoms with E-state index in [2.05, 4.69) is 11.9 Å². The van der Waals surface area contributed by atoms with Crippen LogP contribution in [0.4, 0.5) is 0 Å². The lowest BCUT2D eigenvalue weighted by molar-refractivity contribution is -0.156. The summed E-state index contributed by atoms with van der Waals surface area (Å²) in [6.07, 6.45) is 1.94. The van der Waals surface area contributed by atoms with Crippen LogP contribution in [0, 0.1) is 0 Å². The van der Waals surface area contributed by atoms with Crippen molar-refractivity contribution in [2.24, 2.45) is 0 Å². The molecule has 0 amide bonds. The maximum Gasteiger partial charge on any atom is 0.316 e. The van der Waals surface area contributed by atoms with Crippen LogP contribution in [0.15, 0.2) is 18.2 Å². The van der Waals surface area contributed by atoms with Crippen molar-refractivity contribution < 1.29 is 29.2 Å². The number of hydrogen-bond donors (Lipinski definition) is 2. The van der Waals surface area contributed by atoms with Crippen LogP contribution >= 0.6 is 0 Å². The van der Waals surface area contributed by atoms with Crippen molar-refractivity contribution in [2.75, 3.05) is 20.8 Å². The number of likely N-dealkylation sites (N-methyl/N-ethyl adjacent to an activating group) is 1. The summed E-state index contributed by atoms with van der Waals surface area (Å²) < 4.78 is 16.4. The zero-order valence-corrected chi connectivity index (χ0v) is 14.3. The highest BCUT2D eigenvalue weighted by Crippen LogP contribution is 2.48. The van der Waals surface area contributed by atoms with Gasteiger partial charge in [-0.25, -0.2) is 0 Å². The molecule has 0 aliphatic carbocycles. The van der Waals surface area contributed by atoms with Crippen molar-refractivity contribution in [3.05, 3.63) is 23.8 Å². The van der Waals surface area contributed by atoms with Gasteiger partial charge in [-0.15, -0.1) is 0 Å². The van der Waals surface area contributed by atoms with Gasteiger partial charge in [0.15, 0.2) is 11.5 Å². The Morgan fingerprint density at radius 3 is 2.64 bits per heavy atom. The van der Waals surface area contributed by atoms with Gasteiger partial charge in [0.05, 0.1) is 13.7 Å². The smallest absolute Gasteiger partial charge is 0.316 e. The van der Waals surface area contributed by atoms with Gasteiger partial charge in [-0.2, -0.15) is 0 Å². The minimum Gasteiger partial charge on any atom is -0.504 e. The Hall–Kier alpha value is -1.83. The van der Waals surface area contributed by atoms with E-state index < -0.39 is 11.9 Å². The average Bonchev–Trinajstić information content (AvgIpc) is 3.35. The summed E-state index contributed by atoms with van der Waals surface area (Å²) in [6.45, 7) is -0.361. The van der Waals surface area contributed by atoms with E-state index >= 15 is 0 Å². The number of aliphatic hydroxyl groups excluding tert-OH is 1. The quantitative estimate of drug-likeness (QED) is 0.595. The fraction of sp³-hybridized carbons (Fsp3) is 0.611. The van der Waals surface area contributed by atoms with E-state index in [9.17, 15) is 15.0 Å². The number of phenols is 1. The topological polar surface area (TPSA) is 91.8 Å². The highest BCUT2D eigenvalue weighted by atomic mass is 16.6. The van der Waals surface area contributed by atoms with E-state index in [4.69, 9.17) is 14.2 Å². The van der Waals surface area contributed by atoms with E-state index in [0.29, 0.717) is 17.6 Å². The number of methoxy groups -OCH3 is 1. The first kappa shape index (κ1) is 16.6. The number of hydrogen-bond acceptors (Lipinski definition) is 7. The zero-order valence-electron chi connectivity index (χ0n) is 14.3. The number of carbonyl (C=O) groups is 1.